The quantitative estimate of drug-likeness (QED) is 0.711. The van der Waals surface area contributed by atoms with Gasteiger partial charge in [0.15, 0.2) is 0 Å². The number of aromatic nitrogens is 4. The van der Waals surface area contributed by atoms with Crippen molar-refractivity contribution in [1.82, 2.24) is 19.9 Å². The molecule has 2 aromatic heterocycles. The zero-order chi connectivity index (χ0) is 15.0. The molecule has 5 nitrogen and oxygen atoms in total. The molecule has 0 saturated heterocycles. The number of nitrogens with zero attached hydrogens (tertiary/aromatic N) is 3. The molecule has 0 fully saturated rings. The monoisotopic (exact) mass is 299 g/mol. The molecule has 0 unspecified atom stereocenters. The highest BCUT2D eigenvalue weighted by Crippen LogP contribution is 2.30. The van der Waals surface area contributed by atoms with Crippen molar-refractivity contribution < 1.29 is 0 Å². The fourth-order valence-corrected chi connectivity index (χ4v) is 2.55. The fraction of sp³-hybridized carbons (Fsp3) is 0.133. The number of halogens is 1. The van der Waals surface area contributed by atoms with Crippen LogP contribution < -0.4 is 5.73 Å². The minimum absolute atomic E-state index is 0.281. The Bertz CT molecular complexity index is 769. The highest BCUT2D eigenvalue weighted by molar-refractivity contribution is 6.32. The topological polar surface area (TPSA) is 80.5 Å². The average molecular weight is 300 g/mol. The number of anilines is 1. The smallest absolute Gasteiger partial charge is 0.145 e. The molecule has 0 bridgehead atoms. The molecular weight excluding hydrogens is 286 g/mol. The number of nitrogen functional groups attached to an aromatic ring is 1. The number of rotatable bonds is 2. The second-order valence-corrected chi connectivity index (χ2v) is 5.30. The fourth-order valence-electron chi connectivity index (χ4n) is 2.32. The minimum atomic E-state index is 0.281. The number of aryl methyl sites for hydroxylation is 2. The highest BCUT2D eigenvalue weighted by Gasteiger charge is 2.14. The number of H-pyrrole nitrogens is 1. The predicted molar refractivity (Wildman–Crippen MR) is 83.9 cm³/mol. The van der Waals surface area contributed by atoms with Crippen molar-refractivity contribution in [3.8, 4) is 22.6 Å². The van der Waals surface area contributed by atoms with Crippen LogP contribution in [0.2, 0.25) is 5.15 Å². The lowest BCUT2D eigenvalue weighted by Crippen LogP contribution is -1.97. The van der Waals surface area contributed by atoms with Crippen LogP contribution in [0, 0.1) is 13.8 Å². The average Bonchev–Trinajstić information content (AvgIpc) is 2.87. The Morgan fingerprint density at radius 1 is 1.05 bits per heavy atom. The van der Waals surface area contributed by atoms with Crippen LogP contribution in [0.3, 0.4) is 0 Å². The number of nitrogens with two attached hydrogens (primary N) is 1. The summed E-state index contributed by atoms with van der Waals surface area (Å²) in [5, 5.41) is 0.281. The Labute approximate surface area is 127 Å². The molecule has 2 heterocycles. The summed E-state index contributed by atoms with van der Waals surface area (Å²) in [4.78, 5) is 15.5. The van der Waals surface area contributed by atoms with Gasteiger partial charge in [0.25, 0.3) is 0 Å². The molecule has 3 rings (SSSR count). The second kappa shape index (κ2) is 5.18. The summed E-state index contributed by atoms with van der Waals surface area (Å²) < 4.78 is 0. The van der Waals surface area contributed by atoms with Gasteiger partial charge in [0, 0.05) is 5.56 Å². The Balaban J connectivity index is 2.08. The Morgan fingerprint density at radius 3 is 2.43 bits per heavy atom. The zero-order valence-corrected chi connectivity index (χ0v) is 12.4. The van der Waals surface area contributed by atoms with E-state index in [1.807, 2.05) is 0 Å². The summed E-state index contributed by atoms with van der Waals surface area (Å²) in [7, 11) is 0. The van der Waals surface area contributed by atoms with Gasteiger partial charge in [0.1, 0.15) is 23.1 Å². The van der Waals surface area contributed by atoms with Gasteiger partial charge in [0.2, 0.25) is 0 Å². The van der Waals surface area contributed by atoms with Gasteiger partial charge in [0.05, 0.1) is 17.5 Å². The van der Waals surface area contributed by atoms with Crippen molar-refractivity contribution in [1.29, 1.82) is 0 Å². The van der Waals surface area contributed by atoms with E-state index in [1.54, 1.807) is 6.20 Å². The Morgan fingerprint density at radius 2 is 1.76 bits per heavy atom. The third-order valence-electron chi connectivity index (χ3n) is 3.18. The molecule has 106 valence electrons. The SMILES string of the molecule is Cc1cc(C)cc(-c2cnc(-c3c(N)ncnc3Cl)[nH]2)c1. The molecule has 3 N–H and O–H groups in total. The van der Waals surface area contributed by atoms with Gasteiger partial charge in [-0.2, -0.15) is 0 Å². The maximum atomic E-state index is 6.08. The van der Waals surface area contributed by atoms with Crippen molar-refractivity contribution in [2.24, 2.45) is 0 Å². The largest absolute Gasteiger partial charge is 0.383 e. The van der Waals surface area contributed by atoms with E-state index in [-0.39, 0.29) is 5.15 Å². The molecule has 6 heteroatoms. The molecule has 0 radical (unpaired) electrons. The molecule has 21 heavy (non-hydrogen) atoms. The molecule has 0 amide bonds. The molecule has 3 aromatic rings. The van der Waals surface area contributed by atoms with Crippen molar-refractivity contribution in [2.45, 2.75) is 13.8 Å². The summed E-state index contributed by atoms with van der Waals surface area (Å²) in [5.74, 6) is 0.864. The van der Waals surface area contributed by atoms with Crippen LogP contribution in [0.5, 0.6) is 0 Å². The molecule has 0 atom stereocenters. The summed E-state index contributed by atoms with van der Waals surface area (Å²) in [5.41, 5.74) is 10.7. The summed E-state index contributed by atoms with van der Waals surface area (Å²) >= 11 is 6.08. The first-order valence-corrected chi connectivity index (χ1v) is 6.82. The molecule has 0 aliphatic carbocycles. The first-order chi connectivity index (χ1) is 10.0. The summed E-state index contributed by atoms with van der Waals surface area (Å²) in [6.45, 7) is 4.13. The van der Waals surface area contributed by atoms with Crippen LogP contribution in [-0.4, -0.2) is 19.9 Å². The second-order valence-electron chi connectivity index (χ2n) is 4.95. The van der Waals surface area contributed by atoms with Crippen molar-refractivity contribution >= 4 is 17.4 Å². The van der Waals surface area contributed by atoms with Gasteiger partial charge in [-0.15, -0.1) is 0 Å². The lowest BCUT2D eigenvalue weighted by atomic mass is 10.1. The van der Waals surface area contributed by atoms with E-state index < -0.39 is 0 Å². The van der Waals surface area contributed by atoms with Gasteiger partial charge < -0.3 is 10.7 Å². The van der Waals surface area contributed by atoms with Crippen LogP contribution in [0.1, 0.15) is 11.1 Å². The molecular formula is C15H14ClN5. The lowest BCUT2D eigenvalue weighted by Gasteiger charge is -2.04. The first kappa shape index (κ1) is 13.6. The van der Waals surface area contributed by atoms with E-state index in [9.17, 15) is 0 Å². The predicted octanol–water partition coefficient (Wildman–Crippen LogP) is 3.39. The van der Waals surface area contributed by atoms with Gasteiger partial charge in [-0.25, -0.2) is 15.0 Å². The molecule has 0 aliphatic rings. The zero-order valence-electron chi connectivity index (χ0n) is 11.7. The molecule has 0 saturated carbocycles. The first-order valence-electron chi connectivity index (χ1n) is 6.44. The van der Waals surface area contributed by atoms with Crippen LogP contribution in [0.15, 0.2) is 30.7 Å². The third kappa shape index (κ3) is 2.60. The molecule has 0 spiro atoms. The van der Waals surface area contributed by atoms with Gasteiger partial charge in [-0.3, -0.25) is 0 Å². The number of hydrogen-bond donors (Lipinski definition) is 2. The Kier molecular flexibility index (Phi) is 3.35. The number of imidazole rings is 1. The van der Waals surface area contributed by atoms with Crippen molar-refractivity contribution in [3.05, 3.63) is 47.0 Å². The number of benzene rings is 1. The van der Waals surface area contributed by atoms with E-state index in [0.29, 0.717) is 17.2 Å². The number of hydrogen-bond acceptors (Lipinski definition) is 4. The molecule has 0 aliphatic heterocycles. The minimum Gasteiger partial charge on any atom is -0.383 e. The summed E-state index contributed by atoms with van der Waals surface area (Å²) in [6, 6.07) is 6.31. The van der Waals surface area contributed by atoms with Gasteiger partial charge in [-0.1, -0.05) is 28.8 Å². The van der Waals surface area contributed by atoms with Crippen LogP contribution in [0.4, 0.5) is 5.82 Å². The summed E-state index contributed by atoms with van der Waals surface area (Å²) in [6.07, 6.45) is 3.08. The van der Waals surface area contributed by atoms with Gasteiger partial charge in [-0.05, 0) is 26.0 Å². The van der Waals surface area contributed by atoms with E-state index in [0.717, 1.165) is 11.3 Å². The normalized spacial score (nSPS) is 10.8. The Hall–Kier alpha value is -2.40. The highest BCUT2D eigenvalue weighted by atomic mass is 35.5. The maximum absolute atomic E-state index is 6.08. The van der Waals surface area contributed by atoms with E-state index >= 15 is 0 Å². The van der Waals surface area contributed by atoms with E-state index in [1.165, 1.54) is 17.5 Å². The van der Waals surface area contributed by atoms with Crippen LogP contribution in [0.25, 0.3) is 22.6 Å². The van der Waals surface area contributed by atoms with E-state index in [2.05, 4.69) is 52.0 Å². The number of nitrogens with one attached hydrogen (secondary N) is 1. The molecule has 1 aromatic carbocycles. The van der Waals surface area contributed by atoms with E-state index in [4.69, 9.17) is 17.3 Å². The van der Waals surface area contributed by atoms with Crippen molar-refractivity contribution in [3.63, 3.8) is 0 Å². The maximum Gasteiger partial charge on any atom is 0.145 e. The number of aromatic amines is 1. The van der Waals surface area contributed by atoms with Crippen LogP contribution in [-0.2, 0) is 0 Å². The van der Waals surface area contributed by atoms with Gasteiger partial charge >= 0.3 is 0 Å². The standard InChI is InChI=1S/C15H14ClN5/c1-8-3-9(2)5-10(4-8)11-6-18-15(21-11)12-13(16)19-7-20-14(12)17/h3-7H,1-2H3,(H,18,21)(H2,17,19,20). The van der Waals surface area contributed by atoms with Crippen molar-refractivity contribution in [2.75, 3.05) is 5.73 Å². The van der Waals surface area contributed by atoms with Crippen LogP contribution >= 0.6 is 11.6 Å². The third-order valence-corrected chi connectivity index (χ3v) is 3.46. The lowest BCUT2D eigenvalue weighted by molar-refractivity contribution is 1.16.